The highest BCUT2D eigenvalue weighted by Crippen LogP contribution is 2.38. The summed E-state index contributed by atoms with van der Waals surface area (Å²) >= 11 is 3.37. The molecule has 0 spiro atoms. The van der Waals surface area contributed by atoms with E-state index in [-0.39, 0.29) is 17.0 Å². The van der Waals surface area contributed by atoms with Crippen LogP contribution in [-0.4, -0.2) is 14.8 Å². The average Bonchev–Trinajstić information content (AvgIpc) is 2.76. The summed E-state index contributed by atoms with van der Waals surface area (Å²) in [5, 5.41) is 5.11. The Morgan fingerprint density at radius 2 is 2.25 bits per heavy atom. The predicted octanol–water partition coefficient (Wildman–Crippen LogP) is 2.17. The highest BCUT2D eigenvalue weighted by molar-refractivity contribution is 9.08. The zero-order valence-electron chi connectivity index (χ0n) is 6.83. The van der Waals surface area contributed by atoms with E-state index in [2.05, 4.69) is 26.0 Å². The minimum absolute atomic E-state index is 0. The lowest BCUT2D eigenvalue weighted by molar-refractivity contribution is 0.718. The van der Waals surface area contributed by atoms with Crippen molar-refractivity contribution in [2.24, 2.45) is 7.05 Å². The van der Waals surface area contributed by atoms with Gasteiger partial charge in [0.2, 0.25) is 0 Å². The van der Waals surface area contributed by atoms with Gasteiger partial charge in [-0.25, -0.2) is 4.98 Å². The molecule has 0 amide bonds. The van der Waals surface area contributed by atoms with Gasteiger partial charge in [-0.05, 0) is 12.8 Å². The normalized spacial score (nSPS) is 15.8. The topological polar surface area (TPSA) is 30.7 Å². The molecule has 68 valence electrons. The SMILES string of the molecule is Br.Cn1nc(C2CC2)nc1CBr. The van der Waals surface area contributed by atoms with Crippen molar-refractivity contribution in [3.05, 3.63) is 11.6 Å². The molecule has 0 N–H and O–H groups in total. The monoisotopic (exact) mass is 295 g/mol. The van der Waals surface area contributed by atoms with Gasteiger partial charge in [0.1, 0.15) is 5.82 Å². The molecule has 1 aromatic heterocycles. The van der Waals surface area contributed by atoms with E-state index in [1.165, 1.54) is 12.8 Å². The number of halogens is 2. The summed E-state index contributed by atoms with van der Waals surface area (Å²) < 4.78 is 1.85. The number of aromatic nitrogens is 3. The number of hydrogen-bond acceptors (Lipinski definition) is 2. The minimum atomic E-state index is 0. The number of aryl methyl sites for hydroxylation is 1. The molecule has 0 aromatic carbocycles. The van der Waals surface area contributed by atoms with Gasteiger partial charge in [-0.15, -0.1) is 17.0 Å². The maximum atomic E-state index is 4.40. The van der Waals surface area contributed by atoms with Crippen molar-refractivity contribution in [2.75, 3.05) is 0 Å². The van der Waals surface area contributed by atoms with Crippen LogP contribution in [0.4, 0.5) is 0 Å². The lowest BCUT2D eigenvalue weighted by Crippen LogP contribution is -1.95. The standard InChI is InChI=1S/C7H10BrN3.BrH/c1-11-6(4-8)9-7(10-11)5-2-3-5;/h5H,2-4H2,1H3;1H. The van der Waals surface area contributed by atoms with Gasteiger partial charge in [0, 0.05) is 13.0 Å². The van der Waals surface area contributed by atoms with Crippen molar-refractivity contribution >= 4 is 32.9 Å². The molecule has 0 aliphatic heterocycles. The van der Waals surface area contributed by atoms with Crippen molar-refractivity contribution in [1.29, 1.82) is 0 Å². The van der Waals surface area contributed by atoms with Gasteiger partial charge in [-0.3, -0.25) is 4.68 Å². The molecular formula is C7H11Br2N3. The number of alkyl halides is 1. The quantitative estimate of drug-likeness (QED) is 0.783. The molecule has 3 nitrogen and oxygen atoms in total. The van der Waals surface area contributed by atoms with E-state index < -0.39 is 0 Å². The average molecular weight is 297 g/mol. The number of hydrogen-bond donors (Lipinski definition) is 0. The van der Waals surface area contributed by atoms with Gasteiger partial charge in [0.05, 0.1) is 5.33 Å². The van der Waals surface area contributed by atoms with Crippen LogP contribution in [0.25, 0.3) is 0 Å². The lowest BCUT2D eigenvalue weighted by atomic mass is 10.4. The van der Waals surface area contributed by atoms with Gasteiger partial charge in [-0.1, -0.05) is 15.9 Å². The first-order valence-electron chi connectivity index (χ1n) is 3.77. The first kappa shape index (κ1) is 10.2. The Morgan fingerprint density at radius 1 is 1.58 bits per heavy atom. The second kappa shape index (κ2) is 3.87. The van der Waals surface area contributed by atoms with E-state index in [4.69, 9.17) is 0 Å². The van der Waals surface area contributed by atoms with Crippen molar-refractivity contribution in [1.82, 2.24) is 14.8 Å². The smallest absolute Gasteiger partial charge is 0.154 e. The molecule has 1 aliphatic rings. The minimum Gasteiger partial charge on any atom is -0.252 e. The fourth-order valence-corrected chi connectivity index (χ4v) is 1.56. The molecule has 2 rings (SSSR count). The van der Waals surface area contributed by atoms with Crippen LogP contribution in [0.2, 0.25) is 0 Å². The van der Waals surface area contributed by atoms with Crippen molar-refractivity contribution < 1.29 is 0 Å². The Balaban J connectivity index is 0.000000720. The Morgan fingerprint density at radius 3 is 2.67 bits per heavy atom. The Kier molecular flexibility index (Phi) is 3.29. The predicted molar refractivity (Wildman–Crippen MR) is 55.9 cm³/mol. The second-order valence-electron chi connectivity index (χ2n) is 2.92. The Bertz CT molecular complexity index is 268. The summed E-state index contributed by atoms with van der Waals surface area (Å²) in [6.07, 6.45) is 2.54. The van der Waals surface area contributed by atoms with E-state index in [1.54, 1.807) is 0 Å². The molecule has 0 bridgehead atoms. The highest BCUT2D eigenvalue weighted by Gasteiger charge is 2.28. The Labute approximate surface area is 90.5 Å². The van der Waals surface area contributed by atoms with Gasteiger partial charge in [0.25, 0.3) is 0 Å². The summed E-state index contributed by atoms with van der Waals surface area (Å²) in [6, 6.07) is 0. The molecule has 5 heteroatoms. The molecule has 1 heterocycles. The van der Waals surface area contributed by atoms with E-state index in [0.29, 0.717) is 5.92 Å². The number of rotatable bonds is 2. The van der Waals surface area contributed by atoms with Crippen LogP contribution in [0.3, 0.4) is 0 Å². The summed E-state index contributed by atoms with van der Waals surface area (Å²) in [7, 11) is 1.94. The number of nitrogens with zero attached hydrogens (tertiary/aromatic N) is 3. The molecule has 1 fully saturated rings. The van der Waals surface area contributed by atoms with Crippen LogP contribution in [0, 0.1) is 0 Å². The third kappa shape index (κ3) is 1.88. The summed E-state index contributed by atoms with van der Waals surface area (Å²) in [5.41, 5.74) is 0. The third-order valence-electron chi connectivity index (χ3n) is 1.93. The van der Waals surface area contributed by atoms with E-state index >= 15 is 0 Å². The first-order chi connectivity index (χ1) is 5.31. The summed E-state index contributed by atoms with van der Waals surface area (Å²) in [5.74, 6) is 2.71. The van der Waals surface area contributed by atoms with Gasteiger partial charge < -0.3 is 0 Å². The van der Waals surface area contributed by atoms with Crippen LogP contribution in [-0.2, 0) is 12.4 Å². The first-order valence-corrected chi connectivity index (χ1v) is 4.89. The maximum Gasteiger partial charge on any atom is 0.154 e. The zero-order valence-corrected chi connectivity index (χ0v) is 10.1. The van der Waals surface area contributed by atoms with Crippen LogP contribution >= 0.6 is 32.9 Å². The molecule has 0 atom stereocenters. The largest absolute Gasteiger partial charge is 0.252 e. The van der Waals surface area contributed by atoms with Gasteiger partial charge in [0.15, 0.2) is 5.82 Å². The van der Waals surface area contributed by atoms with E-state index in [1.807, 2.05) is 11.7 Å². The second-order valence-corrected chi connectivity index (χ2v) is 3.48. The van der Waals surface area contributed by atoms with Crippen molar-refractivity contribution in [2.45, 2.75) is 24.1 Å². The molecule has 1 aromatic rings. The zero-order chi connectivity index (χ0) is 7.84. The molecule has 0 radical (unpaired) electrons. The molecule has 1 saturated carbocycles. The van der Waals surface area contributed by atoms with E-state index in [9.17, 15) is 0 Å². The van der Waals surface area contributed by atoms with E-state index in [0.717, 1.165) is 17.0 Å². The molecule has 12 heavy (non-hydrogen) atoms. The fourth-order valence-electron chi connectivity index (χ4n) is 1.07. The van der Waals surface area contributed by atoms with Gasteiger partial charge >= 0.3 is 0 Å². The lowest BCUT2D eigenvalue weighted by Gasteiger charge is -1.89. The third-order valence-corrected chi connectivity index (χ3v) is 2.43. The van der Waals surface area contributed by atoms with Crippen LogP contribution in [0.1, 0.15) is 30.4 Å². The van der Waals surface area contributed by atoms with Crippen molar-refractivity contribution in [3.8, 4) is 0 Å². The fraction of sp³-hybridized carbons (Fsp3) is 0.714. The molecule has 0 unspecified atom stereocenters. The summed E-state index contributed by atoms with van der Waals surface area (Å²) in [6.45, 7) is 0. The highest BCUT2D eigenvalue weighted by atomic mass is 79.9. The van der Waals surface area contributed by atoms with Crippen LogP contribution in [0.15, 0.2) is 0 Å². The maximum absolute atomic E-state index is 4.40. The van der Waals surface area contributed by atoms with Crippen molar-refractivity contribution in [3.63, 3.8) is 0 Å². The molecule has 1 aliphatic carbocycles. The van der Waals surface area contributed by atoms with Crippen LogP contribution in [0.5, 0.6) is 0 Å². The summed E-state index contributed by atoms with van der Waals surface area (Å²) in [4.78, 5) is 4.40. The van der Waals surface area contributed by atoms with Crippen LogP contribution < -0.4 is 0 Å². The molecular weight excluding hydrogens is 286 g/mol. The Hall–Kier alpha value is 0.1000. The van der Waals surface area contributed by atoms with Gasteiger partial charge in [-0.2, -0.15) is 5.10 Å². The molecule has 0 saturated heterocycles.